The summed E-state index contributed by atoms with van der Waals surface area (Å²) >= 11 is 0. The molecule has 2 rings (SSSR count). The van der Waals surface area contributed by atoms with Crippen molar-refractivity contribution in [3.63, 3.8) is 0 Å². The fraction of sp³-hybridized carbons (Fsp3) is 0.350. The molecule has 1 amide bonds. The zero-order chi connectivity index (χ0) is 20.8. The van der Waals surface area contributed by atoms with Gasteiger partial charge in [0.15, 0.2) is 5.60 Å². The highest BCUT2D eigenvalue weighted by Crippen LogP contribution is 2.30. The summed E-state index contributed by atoms with van der Waals surface area (Å²) in [6, 6.07) is 13.8. The van der Waals surface area contributed by atoms with Gasteiger partial charge < -0.3 is 15.7 Å². The van der Waals surface area contributed by atoms with Crippen LogP contribution in [0.5, 0.6) is 0 Å². The molecule has 0 heterocycles. The van der Waals surface area contributed by atoms with E-state index in [1.54, 1.807) is 30.3 Å². The number of aliphatic hydroxyl groups is 1. The van der Waals surface area contributed by atoms with Crippen LogP contribution < -0.4 is 10.5 Å². The van der Waals surface area contributed by atoms with Gasteiger partial charge in [0.05, 0.1) is 4.90 Å². The molecule has 28 heavy (non-hydrogen) atoms. The van der Waals surface area contributed by atoms with Crippen LogP contribution in [0.15, 0.2) is 59.5 Å². The summed E-state index contributed by atoms with van der Waals surface area (Å²) in [4.78, 5) is 14.2. The first kappa shape index (κ1) is 22.0. The third-order valence-corrected chi connectivity index (χ3v) is 6.18. The molecule has 0 bridgehead atoms. The third kappa shape index (κ3) is 4.77. The molecule has 8 heteroatoms. The minimum absolute atomic E-state index is 0.0415. The number of hydrogen-bond donors (Lipinski definition) is 3. The van der Waals surface area contributed by atoms with Crippen molar-refractivity contribution in [2.75, 3.05) is 26.2 Å². The number of rotatable bonds is 10. The fourth-order valence-electron chi connectivity index (χ4n) is 2.98. The Morgan fingerprint density at radius 2 is 1.68 bits per heavy atom. The van der Waals surface area contributed by atoms with Gasteiger partial charge in [-0.3, -0.25) is 4.79 Å². The van der Waals surface area contributed by atoms with Gasteiger partial charge in [0, 0.05) is 13.1 Å². The van der Waals surface area contributed by atoms with E-state index in [0.717, 1.165) is 13.1 Å². The fourth-order valence-corrected chi connectivity index (χ4v) is 4.05. The molecule has 0 aliphatic heterocycles. The van der Waals surface area contributed by atoms with Crippen molar-refractivity contribution in [1.82, 2.24) is 9.62 Å². The molecular formula is C20H27N3O4S. The van der Waals surface area contributed by atoms with Gasteiger partial charge in [-0.25, -0.2) is 13.1 Å². The van der Waals surface area contributed by atoms with Gasteiger partial charge in [-0.15, -0.1) is 0 Å². The Bertz CT molecular complexity index is 899. The van der Waals surface area contributed by atoms with Crippen LogP contribution in [0.25, 0.3) is 0 Å². The van der Waals surface area contributed by atoms with Gasteiger partial charge in [0.25, 0.3) is 5.91 Å². The van der Waals surface area contributed by atoms with Crippen molar-refractivity contribution in [2.24, 2.45) is 5.73 Å². The maximum atomic E-state index is 12.6. The SMILES string of the molecule is CCN(CC)CCNS(=O)(=O)c1cccc(C(O)(C(N)=O)c2ccccc2)c1. The van der Waals surface area contributed by atoms with Gasteiger partial charge in [0.2, 0.25) is 10.0 Å². The van der Waals surface area contributed by atoms with E-state index in [4.69, 9.17) is 5.73 Å². The Kier molecular flexibility index (Phi) is 7.31. The summed E-state index contributed by atoms with van der Waals surface area (Å²) in [5, 5.41) is 11.0. The Morgan fingerprint density at radius 1 is 1.07 bits per heavy atom. The van der Waals surface area contributed by atoms with E-state index < -0.39 is 21.5 Å². The second-order valence-electron chi connectivity index (χ2n) is 6.39. The van der Waals surface area contributed by atoms with Gasteiger partial charge in [-0.05, 0) is 36.3 Å². The summed E-state index contributed by atoms with van der Waals surface area (Å²) < 4.78 is 27.9. The minimum Gasteiger partial charge on any atom is -0.372 e. The van der Waals surface area contributed by atoms with E-state index in [1.165, 1.54) is 24.3 Å². The summed E-state index contributed by atoms with van der Waals surface area (Å²) in [6.45, 7) is 6.52. The summed E-state index contributed by atoms with van der Waals surface area (Å²) in [7, 11) is -3.80. The van der Waals surface area contributed by atoms with E-state index in [2.05, 4.69) is 9.62 Å². The van der Waals surface area contributed by atoms with E-state index in [0.29, 0.717) is 6.54 Å². The lowest BCUT2D eigenvalue weighted by molar-refractivity contribution is -0.133. The van der Waals surface area contributed by atoms with Crippen LogP contribution in [-0.2, 0) is 20.4 Å². The van der Waals surface area contributed by atoms with Gasteiger partial charge in [0.1, 0.15) is 0 Å². The van der Waals surface area contributed by atoms with Crippen LogP contribution in [0.2, 0.25) is 0 Å². The highest BCUT2D eigenvalue weighted by atomic mass is 32.2. The van der Waals surface area contributed by atoms with Crippen molar-refractivity contribution in [2.45, 2.75) is 24.3 Å². The number of primary amides is 1. The minimum atomic E-state index is -3.80. The largest absolute Gasteiger partial charge is 0.372 e. The Hall–Kier alpha value is -2.26. The summed E-state index contributed by atoms with van der Waals surface area (Å²) in [5.41, 5.74) is 3.71. The molecule has 0 saturated carbocycles. The average Bonchev–Trinajstić information content (AvgIpc) is 2.71. The number of amides is 1. The van der Waals surface area contributed by atoms with Crippen molar-refractivity contribution < 1.29 is 18.3 Å². The first-order chi connectivity index (χ1) is 13.3. The normalized spacial score (nSPS) is 14.0. The number of carbonyl (C=O) groups excluding carboxylic acids is 1. The molecule has 0 aromatic heterocycles. The van der Waals surface area contributed by atoms with Crippen molar-refractivity contribution >= 4 is 15.9 Å². The van der Waals surface area contributed by atoms with E-state index >= 15 is 0 Å². The lowest BCUT2D eigenvalue weighted by Gasteiger charge is -2.26. The van der Waals surface area contributed by atoms with Crippen molar-refractivity contribution in [1.29, 1.82) is 0 Å². The van der Waals surface area contributed by atoms with Gasteiger partial charge >= 0.3 is 0 Å². The van der Waals surface area contributed by atoms with Gasteiger partial charge in [-0.1, -0.05) is 56.3 Å². The molecular weight excluding hydrogens is 378 g/mol. The molecule has 0 spiro atoms. The summed E-state index contributed by atoms with van der Waals surface area (Å²) in [5.74, 6) is -0.984. The van der Waals surface area contributed by atoms with E-state index in [-0.39, 0.29) is 22.6 Å². The van der Waals surface area contributed by atoms with Crippen LogP contribution in [0.3, 0.4) is 0 Å². The first-order valence-corrected chi connectivity index (χ1v) is 10.6. The number of likely N-dealkylation sites (N-methyl/N-ethyl adjacent to an activating group) is 1. The van der Waals surface area contributed by atoms with Crippen LogP contribution in [0, 0.1) is 0 Å². The molecule has 0 radical (unpaired) electrons. The van der Waals surface area contributed by atoms with Crippen molar-refractivity contribution in [3.8, 4) is 0 Å². The predicted molar refractivity (Wildman–Crippen MR) is 108 cm³/mol. The van der Waals surface area contributed by atoms with E-state index in [1.807, 2.05) is 13.8 Å². The van der Waals surface area contributed by atoms with Gasteiger partial charge in [-0.2, -0.15) is 0 Å². The zero-order valence-electron chi connectivity index (χ0n) is 16.1. The molecule has 0 saturated heterocycles. The van der Waals surface area contributed by atoms with Crippen LogP contribution in [0.4, 0.5) is 0 Å². The smallest absolute Gasteiger partial charge is 0.258 e. The molecule has 152 valence electrons. The standard InChI is InChI=1S/C20H27N3O4S/c1-3-23(4-2)14-13-22-28(26,27)18-12-8-11-17(15-18)20(25,19(21)24)16-9-6-5-7-10-16/h5-12,15,22,25H,3-4,13-14H2,1-2H3,(H2,21,24). The zero-order valence-corrected chi connectivity index (χ0v) is 16.9. The number of hydrogen-bond acceptors (Lipinski definition) is 5. The lowest BCUT2D eigenvalue weighted by atomic mass is 9.86. The highest BCUT2D eigenvalue weighted by molar-refractivity contribution is 7.89. The predicted octanol–water partition coefficient (Wildman–Crippen LogP) is 1.03. The van der Waals surface area contributed by atoms with E-state index in [9.17, 15) is 18.3 Å². The van der Waals surface area contributed by atoms with Crippen molar-refractivity contribution in [3.05, 3.63) is 65.7 Å². The molecule has 0 aliphatic rings. The molecule has 0 aliphatic carbocycles. The molecule has 7 nitrogen and oxygen atoms in total. The second-order valence-corrected chi connectivity index (χ2v) is 8.16. The molecule has 2 aromatic rings. The van der Waals surface area contributed by atoms with Crippen LogP contribution in [-0.4, -0.2) is 50.5 Å². The third-order valence-electron chi connectivity index (χ3n) is 4.72. The quantitative estimate of drug-likeness (QED) is 0.546. The second kappa shape index (κ2) is 9.29. The Morgan fingerprint density at radius 3 is 2.25 bits per heavy atom. The highest BCUT2D eigenvalue weighted by Gasteiger charge is 2.38. The topological polar surface area (TPSA) is 113 Å². The molecule has 4 N–H and O–H groups in total. The maximum Gasteiger partial charge on any atom is 0.258 e. The monoisotopic (exact) mass is 405 g/mol. The number of sulfonamides is 1. The molecule has 1 unspecified atom stereocenters. The Labute approximate surface area is 166 Å². The first-order valence-electron chi connectivity index (χ1n) is 9.16. The number of nitrogens with zero attached hydrogens (tertiary/aromatic N) is 1. The molecule has 2 aromatic carbocycles. The summed E-state index contributed by atoms with van der Waals surface area (Å²) in [6.07, 6.45) is 0. The average molecular weight is 406 g/mol. The molecule has 1 atom stereocenters. The maximum absolute atomic E-state index is 12.6. The number of nitrogens with one attached hydrogen (secondary N) is 1. The molecule has 0 fully saturated rings. The van der Waals surface area contributed by atoms with Crippen LogP contribution >= 0.6 is 0 Å². The van der Waals surface area contributed by atoms with Crippen LogP contribution in [0.1, 0.15) is 25.0 Å². The number of nitrogens with two attached hydrogens (primary N) is 1. The lowest BCUT2D eigenvalue weighted by Crippen LogP contribution is -2.42. The Balaban J connectivity index is 2.33. The number of carbonyl (C=O) groups is 1. The number of benzene rings is 2.